The van der Waals surface area contributed by atoms with Gasteiger partial charge in [-0.25, -0.2) is 9.50 Å². The predicted octanol–water partition coefficient (Wildman–Crippen LogP) is 0.959. The Morgan fingerprint density at radius 2 is 2.05 bits per heavy atom. The summed E-state index contributed by atoms with van der Waals surface area (Å²) in [7, 11) is 1.14. The van der Waals surface area contributed by atoms with Crippen LogP contribution in [0.4, 0.5) is 13.2 Å². The van der Waals surface area contributed by atoms with E-state index in [4.69, 9.17) is 0 Å². The van der Waals surface area contributed by atoms with Crippen molar-refractivity contribution in [3.05, 3.63) is 29.2 Å². The molecule has 0 saturated heterocycles. The number of amides is 1. The van der Waals surface area contributed by atoms with Gasteiger partial charge in [-0.2, -0.15) is 18.3 Å². The molecule has 2 aromatic rings. The van der Waals surface area contributed by atoms with E-state index in [2.05, 4.69) is 20.1 Å². The molecular weight excluding hydrogens is 305 g/mol. The molecule has 0 radical (unpaired) electrons. The number of fused-ring (bicyclic) bond motifs is 1. The lowest BCUT2D eigenvalue weighted by Gasteiger charge is -2.09. The molecule has 0 unspecified atom stereocenters. The lowest BCUT2D eigenvalue weighted by atomic mass is 10.3. The van der Waals surface area contributed by atoms with Gasteiger partial charge in [0.05, 0.1) is 7.11 Å². The molecule has 2 heterocycles. The van der Waals surface area contributed by atoms with Gasteiger partial charge in [0.2, 0.25) is 0 Å². The number of carbonyl (C=O) groups is 2. The number of rotatable bonds is 3. The minimum absolute atomic E-state index is 0.115. The van der Waals surface area contributed by atoms with E-state index in [1.807, 2.05) is 0 Å². The summed E-state index contributed by atoms with van der Waals surface area (Å²) in [5.74, 6) is -1.50. The number of nitrogens with one attached hydrogen (secondary N) is 1. The summed E-state index contributed by atoms with van der Waals surface area (Å²) >= 11 is 0. The average molecular weight is 316 g/mol. The number of nitrogens with zero attached hydrogens (tertiary/aromatic N) is 3. The molecule has 0 fully saturated rings. The van der Waals surface area contributed by atoms with Gasteiger partial charge in [0.15, 0.2) is 11.3 Å². The quantitative estimate of drug-likeness (QED) is 0.853. The maximum atomic E-state index is 13.0. The van der Waals surface area contributed by atoms with Crippen LogP contribution in [0, 0.1) is 6.92 Å². The largest absolute Gasteiger partial charge is 0.468 e. The zero-order valence-electron chi connectivity index (χ0n) is 11.6. The van der Waals surface area contributed by atoms with Crippen LogP contribution in [0.1, 0.15) is 21.9 Å². The normalized spacial score (nSPS) is 11.5. The Balaban J connectivity index is 2.38. The van der Waals surface area contributed by atoms with Gasteiger partial charge in [0, 0.05) is 11.8 Å². The van der Waals surface area contributed by atoms with Crippen molar-refractivity contribution >= 4 is 17.5 Å². The van der Waals surface area contributed by atoms with E-state index in [0.29, 0.717) is 4.52 Å². The second-order valence-corrected chi connectivity index (χ2v) is 4.34. The van der Waals surface area contributed by atoms with Crippen LogP contribution < -0.4 is 5.32 Å². The topological polar surface area (TPSA) is 85.6 Å². The van der Waals surface area contributed by atoms with Crippen molar-refractivity contribution < 1.29 is 27.5 Å². The van der Waals surface area contributed by atoms with Gasteiger partial charge < -0.3 is 10.1 Å². The number of methoxy groups -OCH3 is 1. The highest BCUT2D eigenvalue weighted by atomic mass is 19.4. The number of hydrogen-bond donors (Lipinski definition) is 1. The maximum Gasteiger partial charge on any atom is 0.433 e. The summed E-state index contributed by atoms with van der Waals surface area (Å²) in [6.07, 6.45) is -4.64. The maximum absolute atomic E-state index is 13.0. The van der Waals surface area contributed by atoms with Crippen LogP contribution in [0.25, 0.3) is 5.65 Å². The number of halogens is 3. The van der Waals surface area contributed by atoms with Crippen molar-refractivity contribution in [2.45, 2.75) is 13.1 Å². The highest BCUT2D eigenvalue weighted by molar-refractivity contribution is 5.95. The summed E-state index contributed by atoms with van der Waals surface area (Å²) in [4.78, 5) is 26.6. The molecule has 0 aromatic carbocycles. The molecule has 2 rings (SSSR count). The summed E-state index contributed by atoms with van der Waals surface area (Å²) in [5, 5.41) is 5.78. The predicted molar refractivity (Wildman–Crippen MR) is 67.1 cm³/mol. The average Bonchev–Trinajstić information content (AvgIpc) is 2.85. The Labute approximate surface area is 122 Å². The highest BCUT2D eigenvalue weighted by Gasteiger charge is 2.35. The van der Waals surface area contributed by atoms with Crippen molar-refractivity contribution in [3.8, 4) is 0 Å². The SMILES string of the molecule is COC(=O)CNC(=O)c1cc2nc(C)cc(C(F)(F)F)n2n1. The van der Waals surface area contributed by atoms with E-state index in [9.17, 15) is 22.8 Å². The molecule has 7 nitrogen and oxygen atoms in total. The molecule has 10 heteroatoms. The summed E-state index contributed by atoms with van der Waals surface area (Å²) in [6, 6.07) is 1.94. The van der Waals surface area contributed by atoms with Crippen LogP contribution >= 0.6 is 0 Å². The lowest BCUT2D eigenvalue weighted by molar-refractivity contribution is -0.142. The fourth-order valence-electron chi connectivity index (χ4n) is 1.73. The minimum atomic E-state index is -4.64. The fourth-order valence-corrected chi connectivity index (χ4v) is 1.73. The van der Waals surface area contributed by atoms with Gasteiger partial charge in [-0.3, -0.25) is 9.59 Å². The van der Waals surface area contributed by atoms with E-state index < -0.39 is 30.3 Å². The molecule has 0 spiro atoms. The number of carbonyl (C=O) groups excluding carboxylic acids is 2. The Bertz CT molecular complexity index is 739. The zero-order valence-corrected chi connectivity index (χ0v) is 11.6. The molecule has 0 bridgehead atoms. The van der Waals surface area contributed by atoms with Crippen LogP contribution in [0.15, 0.2) is 12.1 Å². The summed E-state index contributed by atoms with van der Waals surface area (Å²) < 4.78 is 43.7. The second kappa shape index (κ2) is 5.62. The van der Waals surface area contributed by atoms with Crippen LogP contribution in [-0.2, 0) is 15.7 Å². The number of esters is 1. The van der Waals surface area contributed by atoms with Crippen LogP contribution in [-0.4, -0.2) is 40.1 Å². The molecule has 0 aliphatic rings. The van der Waals surface area contributed by atoms with Gasteiger partial charge >= 0.3 is 12.1 Å². The standard InChI is InChI=1S/C12H11F3N4O3/c1-6-3-8(12(13,14)15)19-9(17-6)4-7(18-19)11(21)16-5-10(20)22-2/h3-4H,5H2,1-2H3,(H,16,21). The first-order valence-electron chi connectivity index (χ1n) is 6.02. The number of aryl methyl sites for hydroxylation is 1. The first kappa shape index (κ1) is 15.7. The van der Waals surface area contributed by atoms with Crippen molar-refractivity contribution in [1.29, 1.82) is 0 Å². The molecule has 0 saturated carbocycles. The fraction of sp³-hybridized carbons (Fsp3) is 0.333. The molecule has 2 aromatic heterocycles. The zero-order chi connectivity index (χ0) is 16.5. The minimum Gasteiger partial charge on any atom is -0.468 e. The Kier molecular flexibility index (Phi) is 4.02. The van der Waals surface area contributed by atoms with Gasteiger partial charge in [-0.1, -0.05) is 0 Å². The molecule has 1 N–H and O–H groups in total. The second-order valence-electron chi connectivity index (χ2n) is 4.34. The molecule has 0 aliphatic heterocycles. The van der Waals surface area contributed by atoms with E-state index in [1.165, 1.54) is 6.92 Å². The van der Waals surface area contributed by atoms with Crippen LogP contribution in [0.3, 0.4) is 0 Å². The number of ether oxygens (including phenoxy) is 1. The van der Waals surface area contributed by atoms with Crippen molar-refractivity contribution in [1.82, 2.24) is 19.9 Å². The summed E-state index contributed by atoms with van der Waals surface area (Å²) in [5.41, 5.74) is -1.30. The van der Waals surface area contributed by atoms with Gasteiger partial charge in [0.1, 0.15) is 12.2 Å². The molecule has 118 valence electrons. The third-order valence-corrected chi connectivity index (χ3v) is 2.70. The Morgan fingerprint density at radius 3 is 2.64 bits per heavy atom. The van der Waals surface area contributed by atoms with Crippen molar-refractivity contribution in [2.75, 3.05) is 13.7 Å². The van der Waals surface area contributed by atoms with Gasteiger partial charge in [0.25, 0.3) is 5.91 Å². The smallest absolute Gasteiger partial charge is 0.433 e. The first-order valence-corrected chi connectivity index (χ1v) is 6.02. The third-order valence-electron chi connectivity index (χ3n) is 2.70. The summed E-state index contributed by atoms with van der Waals surface area (Å²) in [6.45, 7) is 0.987. The Hall–Kier alpha value is -2.65. The van der Waals surface area contributed by atoms with Gasteiger partial charge in [-0.15, -0.1) is 0 Å². The molecule has 0 aliphatic carbocycles. The van der Waals surface area contributed by atoms with E-state index >= 15 is 0 Å². The van der Waals surface area contributed by atoms with Crippen LogP contribution in [0.5, 0.6) is 0 Å². The van der Waals surface area contributed by atoms with Crippen LogP contribution in [0.2, 0.25) is 0 Å². The molecular formula is C12H11F3N4O3. The molecule has 22 heavy (non-hydrogen) atoms. The van der Waals surface area contributed by atoms with Crippen molar-refractivity contribution in [3.63, 3.8) is 0 Å². The Morgan fingerprint density at radius 1 is 1.36 bits per heavy atom. The monoisotopic (exact) mass is 316 g/mol. The lowest BCUT2D eigenvalue weighted by Crippen LogP contribution is -2.30. The first-order chi connectivity index (χ1) is 10.2. The molecule has 0 atom stereocenters. The highest BCUT2D eigenvalue weighted by Crippen LogP contribution is 2.29. The van der Waals surface area contributed by atoms with E-state index in [1.54, 1.807) is 0 Å². The third kappa shape index (κ3) is 3.15. The molecule has 1 amide bonds. The number of hydrogen-bond acceptors (Lipinski definition) is 5. The number of aromatic nitrogens is 3. The van der Waals surface area contributed by atoms with E-state index in [-0.39, 0.29) is 17.0 Å². The van der Waals surface area contributed by atoms with E-state index in [0.717, 1.165) is 19.2 Å². The van der Waals surface area contributed by atoms with Gasteiger partial charge in [-0.05, 0) is 13.0 Å². The van der Waals surface area contributed by atoms with Crippen molar-refractivity contribution in [2.24, 2.45) is 0 Å². The number of alkyl halides is 3.